The highest BCUT2D eigenvalue weighted by atomic mass is 32.2. The van der Waals surface area contributed by atoms with Gasteiger partial charge >= 0.3 is 6.09 Å². The number of hydrogen-bond acceptors (Lipinski definition) is 6. The Morgan fingerprint density at radius 1 is 1.09 bits per heavy atom. The number of likely N-dealkylation sites (N-methyl/N-ethyl adjacent to an activating group) is 1. The van der Waals surface area contributed by atoms with Crippen molar-refractivity contribution in [3.63, 3.8) is 0 Å². The van der Waals surface area contributed by atoms with Crippen LogP contribution in [0.4, 0.5) is 20.6 Å². The molecule has 0 saturated heterocycles. The molecular weight excluding hydrogens is 439 g/mol. The summed E-state index contributed by atoms with van der Waals surface area (Å²) in [7, 11) is -2.32. The van der Waals surface area contributed by atoms with E-state index in [0.717, 1.165) is 12.1 Å². The number of benzene rings is 2. The molecule has 0 aromatic heterocycles. The molecule has 1 aliphatic heterocycles. The molecule has 0 atom stereocenters. The molecule has 0 bridgehead atoms. The van der Waals surface area contributed by atoms with E-state index in [0.29, 0.717) is 5.56 Å². The van der Waals surface area contributed by atoms with Crippen molar-refractivity contribution in [1.29, 1.82) is 0 Å². The van der Waals surface area contributed by atoms with Crippen molar-refractivity contribution in [2.24, 2.45) is 4.40 Å². The van der Waals surface area contributed by atoms with Gasteiger partial charge < -0.3 is 15.0 Å². The highest BCUT2D eigenvalue weighted by molar-refractivity contribution is 7.90. The zero-order valence-corrected chi connectivity index (χ0v) is 18.8. The van der Waals surface area contributed by atoms with Gasteiger partial charge in [-0.1, -0.05) is 12.1 Å². The predicted molar refractivity (Wildman–Crippen MR) is 118 cm³/mol. The third-order valence-corrected chi connectivity index (χ3v) is 5.57. The maximum atomic E-state index is 13.8. The minimum Gasteiger partial charge on any atom is -0.444 e. The molecule has 2 aromatic rings. The van der Waals surface area contributed by atoms with E-state index in [4.69, 9.17) is 4.74 Å². The number of carbonyl (C=O) groups excluding carboxylic acids is 2. The fraction of sp³-hybridized carbons (Fsp3) is 0.286. The molecule has 0 spiro atoms. The van der Waals surface area contributed by atoms with E-state index in [1.54, 1.807) is 39.0 Å². The molecule has 170 valence electrons. The van der Waals surface area contributed by atoms with E-state index in [1.165, 1.54) is 24.1 Å². The van der Waals surface area contributed by atoms with Crippen molar-refractivity contribution in [1.82, 2.24) is 4.90 Å². The Kier molecular flexibility index (Phi) is 6.22. The average Bonchev–Trinajstić information content (AvgIpc) is 2.94. The minimum atomic E-state index is -3.83. The molecular formula is C21H23FN4O5S. The van der Waals surface area contributed by atoms with Gasteiger partial charge in [-0.25, -0.2) is 9.18 Å². The molecule has 1 aliphatic rings. The van der Waals surface area contributed by atoms with Gasteiger partial charge in [0.2, 0.25) is 5.91 Å². The first-order valence-electron chi connectivity index (χ1n) is 9.61. The standard InChI is InChI=1S/C21H23FN4O5S/c1-21(2,3)31-20(28)24-15-10-9-13(22)11-16(15)23-18(27)12-26(4)19-14-7-5-6-8-17(14)32(29,30)25-19/h5-11H,12H2,1-4H3,(H,23,27)(H,24,28). The molecule has 32 heavy (non-hydrogen) atoms. The summed E-state index contributed by atoms with van der Waals surface area (Å²) in [5, 5.41) is 5.00. The van der Waals surface area contributed by atoms with Crippen molar-refractivity contribution in [2.75, 3.05) is 24.2 Å². The number of halogens is 1. The smallest absolute Gasteiger partial charge is 0.412 e. The number of amides is 2. The molecule has 0 aliphatic carbocycles. The summed E-state index contributed by atoms with van der Waals surface area (Å²) in [6.45, 7) is 4.81. The van der Waals surface area contributed by atoms with E-state index < -0.39 is 33.4 Å². The quantitative estimate of drug-likeness (QED) is 0.721. The van der Waals surface area contributed by atoms with E-state index in [9.17, 15) is 22.4 Å². The van der Waals surface area contributed by atoms with E-state index in [2.05, 4.69) is 15.0 Å². The van der Waals surface area contributed by atoms with Crippen LogP contribution in [-0.4, -0.2) is 50.3 Å². The van der Waals surface area contributed by atoms with Gasteiger partial charge in [0.15, 0.2) is 5.84 Å². The number of carbonyl (C=O) groups is 2. The van der Waals surface area contributed by atoms with Crippen LogP contribution >= 0.6 is 0 Å². The predicted octanol–water partition coefficient (Wildman–Crippen LogP) is 3.19. The van der Waals surface area contributed by atoms with Gasteiger partial charge in [-0.05, 0) is 51.1 Å². The molecule has 11 heteroatoms. The monoisotopic (exact) mass is 462 g/mol. The van der Waals surface area contributed by atoms with Crippen LogP contribution in [-0.2, 0) is 19.6 Å². The molecule has 0 radical (unpaired) electrons. The first kappa shape index (κ1) is 23.2. The molecule has 1 heterocycles. The number of fused-ring (bicyclic) bond motifs is 1. The van der Waals surface area contributed by atoms with Gasteiger partial charge in [-0.15, -0.1) is 4.40 Å². The van der Waals surface area contributed by atoms with Gasteiger partial charge in [-0.3, -0.25) is 10.1 Å². The summed E-state index contributed by atoms with van der Waals surface area (Å²) in [4.78, 5) is 26.1. The van der Waals surface area contributed by atoms with Crippen molar-refractivity contribution < 1.29 is 27.1 Å². The van der Waals surface area contributed by atoms with Crippen molar-refractivity contribution in [3.8, 4) is 0 Å². The molecule has 9 nitrogen and oxygen atoms in total. The zero-order valence-electron chi connectivity index (χ0n) is 18.0. The van der Waals surface area contributed by atoms with Crippen LogP contribution in [0.1, 0.15) is 26.3 Å². The number of ether oxygens (including phenoxy) is 1. The number of anilines is 2. The fourth-order valence-corrected chi connectivity index (χ4v) is 4.24. The Labute approximate surface area is 185 Å². The molecule has 0 fully saturated rings. The van der Waals surface area contributed by atoms with Crippen molar-refractivity contribution in [2.45, 2.75) is 31.3 Å². The topological polar surface area (TPSA) is 117 Å². The molecule has 2 N–H and O–H groups in total. The lowest BCUT2D eigenvalue weighted by Gasteiger charge is -2.21. The second kappa shape index (κ2) is 8.58. The Morgan fingerprint density at radius 2 is 1.78 bits per heavy atom. The number of nitrogens with one attached hydrogen (secondary N) is 2. The summed E-state index contributed by atoms with van der Waals surface area (Å²) in [6.07, 6.45) is -0.765. The van der Waals surface area contributed by atoms with Gasteiger partial charge in [-0.2, -0.15) is 8.42 Å². The van der Waals surface area contributed by atoms with Gasteiger partial charge in [0.25, 0.3) is 10.0 Å². The van der Waals surface area contributed by atoms with Gasteiger partial charge in [0, 0.05) is 12.6 Å². The van der Waals surface area contributed by atoms with E-state index in [-0.39, 0.29) is 28.7 Å². The highest BCUT2D eigenvalue weighted by Gasteiger charge is 2.31. The Balaban J connectivity index is 1.74. The van der Waals surface area contributed by atoms with Crippen LogP contribution in [0.5, 0.6) is 0 Å². The second-order valence-corrected chi connectivity index (χ2v) is 9.68. The number of sulfonamides is 1. The summed E-state index contributed by atoms with van der Waals surface area (Å²) in [6, 6.07) is 9.78. The van der Waals surface area contributed by atoms with Crippen molar-refractivity contribution in [3.05, 3.63) is 53.8 Å². The maximum Gasteiger partial charge on any atom is 0.412 e. The molecule has 2 amide bonds. The molecule has 2 aromatic carbocycles. The van der Waals surface area contributed by atoms with Crippen LogP contribution in [0, 0.1) is 5.82 Å². The first-order valence-corrected chi connectivity index (χ1v) is 11.0. The third-order valence-electron chi connectivity index (χ3n) is 4.25. The summed E-state index contributed by atoms with van der Waals surface area (Å²) < 4.78 is 47.1. The SMILES string of the molecule is CN(CC(=O)Nc1cc(F)ccc1NC(=O)OC(C)(C)C)C1=NS(=O)(=O)c2ccccc21. The average molecular weight is 463 g/mol. The zero-order chi connectivity index (χ0) is 23.7. The van der Waals surface area contributed by atoms with Crippen LogP contribution in [0.15, 0.2) is 51.8 Å². The minimum absolute atomic E-state index is 0.0237. The Hall–Kier alpha value is -3.47. The number of amidine groups is 1. The van der Waals surface area contributed by atoms with Crippen molar-refractivity contribution >= 4 is 39.2 Å². The molecule has 3 rings (SSSR count). The van der Waals surface area contributed by atoms with Crippen LogP contribution < -0.4 is 10.6 Å². The lowest BCUT2D eigenvalue weighted by Crippen LogP contribution is -2.35. The first-order chi connectivity index (χ1) is 14.9. The normalized spacial score (nSPS) is 14.2. The molecule has 0 unspecified atom stereocenters. The highest BCUT2D eigenvalue weighted by Crippen LogP contribution is 2.27. The molecule has 0 saturated carbocycles. The lowest BCUT2D eigenvalue weighted by atomic mass is 10.2. The van der Waals surface area contributed by atoms with E-state index >= 15 is 0 Å². The Bertz CT molecular complexity index is 1200. The number of nitrogens with zero attached hydrogens (tertiary/aromatic N) is 2. The van der Waals surface area contributed by atoms with Gasteiger partial charge in [0.1, 0.15) is 16.3 Å². The maximum absolute atomic E-state index is 13.8. The largest absolute Gasteiger partial charge is 0.444 e. The summed E-state index contributed by atoms with van der Waals surface area (Å²) in [5.74, 6) is -1.07. The Morgan fingerprint density at radius 3 is 2.47 bits per heavy atom. The summed E-state index contributed by atoms with van der Waals surface area (Å²) >= 11 is 0. The lowest BCUT2D eigenvalue weighted by molar-refractivity contribution is -0.116. The van der Waals surface area contributed by atoms with Crippen LogP contribution in [0.3, 0.4) is 0 Å². The van der Waals surface area contributed by atoms with Crippen LogP contribution in [0.25, 0.3) is 0 Å². The second-order valence-electron chi connectivity index (χ2n) is 8.11. The van der Waals surface area contributed by atoms with Gasteiger partial charge in [0.05, 0.1) is 17.9 Å². The summed E-state index contributed by atoms with van der Waals surface area (Å²) in [5.41, 5.74) is -0.186. The third kappa shape index (κ3) is 5.41. The fourth-order valence-electron chi connectivity index (χ4n) is 2.99. The van der Waals surface area contributed by atoms with Crippen LogP contribution in [0.2, 0.25) is 0 Å². The number of rotatable bonds is 4. The number of hydrogen-bond donors (Lipinski definition) is 2. The van der Waals surface area contributed by atoms with E-state index in [1.807, 2.05) is 0 Å².